The van der Waals surface area contributed by atoms with E-state index in [1.807, 2.05) is 24.1 Å². The van der Waals surface area contributed by atoms with Gasteiger partial charge in [-0.3, -0.25) is 4.57 Å². The maximum atomic E-state index is 11.3. The molecule has 0 aliphatic rings. The highest BCUT2D eigenvalue weighted by Gasteiger charge is 2.08. The van der Waals surface area contributed by atoms with Gasteiger partial charge in [-0.1, -0.05) is 0 Å². The smallest absolute Gasteiger partial charge is 0.408 e. The fourth-order valence-corrected chi connectivity index (χ4v) is 1.64. The van der Waals surface area contributed by atoms with E-state index in [-0.39, 0.29) is 12.4 Å². The van der Waals surface area contributed by atoms with Gasteiger partial charge in [0, 0.05) is 32.4 Å². The number of nitrogens with zero attached hydrogens (tertiary/aromatic N) is 2. The van der Waals surface area contributed by atoms with Crippen LogP contribution in [0, 0.1) is 0 Å². The number of hydrogen-bond donors (Lipinski definition) is 1. The molecule has 0 unspecified atom stereocenters. The second kappa shape index (κ2) is 4.02. The first-order valence-corrected chi connectivity index (χ1v) is 5.05. The van der Waals surface area contributed by atoms with E-state index < -0.39 is 0 Å². The van der Waals surface area contributed by atoms with Gasteiger partial charge >= 0.3 is 5.76 Å². The van der Waals surface area contributed by atoms with Gasteiger partial charge in [-0.2, -0.15) is 0 Å². The first-order valence-electron chi connectivity index (χ1n) is 5.05. The van der Waals surface area contributed by atoms with Gasteiger partial charge < -0.3 is 14.4 Å². The highest BCUT2D eigenvalue weighted by atomic mass is 16.4. The summed E-state index contributed by atoms with van der Waals surface area (Å²) in [7, 11) is 3.55. The molecular formula is C11H14N2O3. The van der Waals surface area contributed by atoms with E-state index >= 15 is 0 Å². The summed E-state index contributed by atoms with van der Waals surface area (Å²) in [6.07, 6.45) is 0. The number of aromatic nitrogens is 1. The summed E-state index contributed by atoms with van der Waals surface area (Å²) in [6.45, 7) is 0.635. The standard InChI is InChI=1S/C11H14N2O3/c1-12(5-6-14)8-3-4-9-10(7-8)16-11(15)13(9)2/h3-4,7,14H,5-6H2,1-2H3. The average molecular weight is 222 g/mol. The number of oxazole rings is 1. The molecule has 0 spiro atoms. The van der Waals surface area contributed by atoms with Gasteiger partial charge in [-0.15, -0.1) is 0 Å². The van der Waals surface area contributed by atoms with Crippen molar-refractivity contribution in [1.82, 2.24) is 4.57 Å². The van der Waals surface area contributed by atoms with Crippen LogP contribution in [0.2, 0.25) is 0 Å². The zero-order valence-corrected chi connectivity index (χ0v) is 9.30. The van der Waals surface area contributed by atoms with Crippen molar-refractivity contribution in [2.45, 2.75) is 0 Å². The van der Waals surface area contributed by atoms with E-state index in [1.54, 1.807) is 13.1 Å². The van der Waals surface area contributed by atoms with Crippen LogP contribution < -0.4 is 10.7 Å². The molecule has 1 N–H and O–H groups in total. The third-order valence-electron chi connectivity index (χ3n) is 2.65. The van der Waals surface area contributed by atoms with Crippen molar-refractivity contribution in [2.24, 2.45) is 7.05 Å². The van der Waals surface area contributed by atoms with Crippen molar-refractivity contribution in [1.29, 1.82) is 0 Å². The van der Waals surface area contributed by atoms with Crippen molar-refractivity contribution in [3.05, 3.63) is 28.7 Å². The van der Waals surface area contributed by atoms with Crippen LogP contribution in [0.5, 0.6) is 0 Å². The second-order valence-corrected chi connectivity index (χ2v) is 3.72. The minimum absolute atomic E-state index is 0.0906. The van der Waals surface area contributed by atoms with Gasteiger partial charge in [0.2, 0.25) is 0 Å². The number of hydrogen-bond acceptors (Lipinski definition) is 4. The number of aliphatic hydroxyl groups is 1. The van der Waals surface area contributed by atoms with Crippen molar-refractivity contribution >= 4 is 16.8 Å². The lowest BCUT2D eigenvalue weighted by Gasteiger charge is -2.17. The first kappa shape index (κ1) is 10.8. The lowest BCUT2D eigenvalue weighted by Crippen LogP contribution is -2.20. The van der Waals surface area contributed by atoms with E-state index in [4.69, 9.17) is 9.52 Å². The van der Waals surface area contributed by atoms with Crippen molar-refractivity contribution < 1.29 is 9.52 Å². The molecule has 1 heterocycles. The summed E-state index contributed by atoms with van der Waals surface area (Å²) in [5, 5.41) is 8.84. The molecule has 5 heteroatoms. The number of fused-ring (bicyclic) bond motifs is 1. The SMILES string of the molecule is CN(CCO)c1ccc2c(c1)oc(=O)n2C. The average Bonchev–Trinajstić information content (AvgIpc) is 2.55. The molecule has 2 rings (SSSR count). The van der Waals surface area contributed by atoms with E-state index in [9.17, 15) is 4.79 Å². The summed E-state index contributed by atoms with van der Waals surface area (Å²) in [5.74, 6) is -0.364. The van der Waals surface area contributed by atoms with E-state index in [0.29, 0.717) is 12.1 Å². The topological polar surface area (TPSA) is 58.6 Å². The zero-order valence-electron chi connectivity index (χ0n) is 9.30. The second-order valence-electron chi connectivity index (χ2n) is 3.72. The maximum absolute atomic E-state index is 11.3. The number of aryl methyl sites for hydroxylation is 1. The van der Waals surface area contributed by atoms with Crippen molar-refractivity contribution in [3.8, 4) is 0 Å². The number of benzene rings is 1. The van der Waals surface area contributed by atoms with Gasteiger partial charge in [0.15, 0.2) is 5.58 Å². The molecule has 0 aliphatic carbocycles. The number of likely N-dealkylation sites (N-methyl/N-ethyl adjacent to an activating group) is 1. The summed E-state index contributed by atoms with van der Waals surface area (Å²) >= 11 is 0. The molecule has 1 aromatic carbocycles. The van der Waals surface area contributed by atoms with Crippen LogP contribution in [0.3, 0.4) is 0 Å². The van der Waals surface area contributed by atoms with Gasteiger partial charge in [0.05, 0.1) is 12.1 Å². The molecule has 0 fully saturated rings. The number of rotatable bonds is 3. The Kier molecular flexibility index (Phi) is 2.70. The largest absolute Gasteiger partial charge is 0.419 e. The fourth-order valence-electron chi connectivity index (χ4n) is 1.64. The zero-order chi connectivity index (χ0) is 11.7. The van der Waals surface area contributed by atoms with Crippen LogP contribution >= 0.6 is 0 Å². The van der Waals surface area contributed by atoms with Crippen molar-refractivity contribution in [2.75, 3.05) is 25.1 Å². The Morgan fingerprint density at radius 1 is 1.50 bits per heavy atom. The van der Waals surface area contributed by atoms with Crippen LogP contribution in [-0.4, -0.2) is 29.9 Å². The number of anilines is 1. The first-order chi connectivity index (χ1) is 7.63. The lowest BCUT2D eigenvalue weighted by atomic mass is 10.2. The predicted molar refractivity (Wildman–Crippen MR) is 61.8 cm³/mol. The minimum Gasteiger partial charge on any atom is -0.408 e. The summed E-state index contributed by atoms with van der Waals surface area (Å²) < 4.78 is 6.55. The summed E-state index contributed by atoms with van der Waals surface area (Å²) in [4.78, 5) is 13.2. The van der Waals surface area contributed by atoms with Gasteiger partial charge in [0.1, 0.15) is 0 Å². The maximum Gasteiger partial charge on any atom is 0.419 e. The molecule has 0 bridgehead atoms. The highest BCUT2D eigenvalue weighted by Crippen LogP contribution is 2.20. The summed E-state index contributed by atoms with van der Waals surface area (Å²) in [5.41, 5.74) is 2.25. The molecule has 1 aromatic heterocycles. The molecule has 2 aromatic rings. The van der Waals surface area contributed by atoms with Crippen LogP contribution in [0.4, 0.5) is 5.69 Å². The quantitative estimate of drug-likeness (QED) is 0.824. The molecule has 0 saturated heterocycles. The molecule has 0 aliphatic heterocycles. The molecule has 86 valence electrons. The molecule has 5 nitrogen and oxygen atoms in total. The van der Waals surface area contributed by atoms with Crippen LogP contribution in [0.1, 0.15) is 0 Å². The molecule has 0 amide bonds. The van der Waals surface area contributed by atoms with Gasteiger partial charge in [-0.25, -0.2) is 4.79 Å². The predicted octanol–water partition coefficient (Wildman–Crippen LogP) is 0.560. The molecule has 0 atom stereocenters. The Morgan fingerprint density at radius 2 is 2.25 bits per heavy atom. The van der Waals surface area contributed by atoms with E-state index in [0.717, 1.165) is 11.2 Å². The third-order valence-corrected chi connectivity index (χ3v) is 2.65. The fraction of sp³-hybridized carbons (Fsp3) is 0.364. The van der Waals surface area contributed by atoms with Crippen LogP contribution in [0.15, 0.2) is 27.4 Å². The Balaban J connectivity index is 2.48. The Morgan fingerprint density at radius 3 is 2.94 bits per heavy atom. The Bertz CT molecular complexity index is 556. The molecular weight excluding hydrogens is 208 g/mol. The Hall–Kier alpha value is -1.75. The van der Waals surface area contributed by atoms with Crippen LogP contribution in [-0.2, 0) is 7.05 Å². The molecule has 0 saturated carbocycles. The van der Waals surface area contributed by atoms with E-state index in [2.05, 4.69) is 0 Å². The Labute approximate surface area is 92.5 Å². The van der Waals surface area contributed by atoms with Crippen molar-refractivity contribution in [3.63, 3.8) is 0 Å². The van der Waals surface area contributed by atoms with Gasteiger partial charge in [0.25, 0.3) is 0 Å². The molecule has 16 heavy (non-hydrogen) atoms. The van der Waals surface area contributed by atoms with E-state index in [1.165, 1.54) is 4.57 Å². The van der Waals surface area contributed by atoms with Gasteiger partial charge in [-0.05, 0) is 12.1 Å². The monoisotopic (exact) mass is 222 g/mol. The lowest BCUT2D eigenvalue weighted by molar-refractivity contribution is 0.304. The highest BCUT2D eigenvalue weighted by molar-refractivity contribution is 5.77. The molecule has 0 radical (unpaired) electrons. The van der Waals surface area contributed by atoms with Crippen LogP contribution in [0.25, 0.3) is 11.1 Å². The third kappa shape index (κ3) is 1.69. The number of aliphatic hydroxyl groups excluding tert-OH is 1. The summed E-state index contributed by atoms with van der Waals surface area (Å²) in [6, 6.07) is 5.53. The minimum atomic E-state index is -0.364. The normalized spacial score (nSPS) is 10.9.